The predicted molar refractivity (Wildman–Crippen MR) is 160 cm³/mol. The first kappa shape index (κ1) is 25.4. The molecular weight excluding hydrogens is 480 g/mol. The molecule has 0 amide bonds. The first-order chi connectivity index (χ1) is 18.9. The van der Waals surface area contributed by atoms with E-state index in [0.717, 1.165) is 42.0 Å². The number of H-pyrrole nitrogens is 1. The highest BCUT2D eigenvalue weighted by Crippen LogP contribution is 2.39. The molecule has 0 saturated carbocycles. The summed E-state index contributed by atoms with van der Waals surface area (Å²) in [6.45, 7) is 13.6. The minimum absolute atomic E-state index is 0.325. The minimum atomic E-state index is 0.325. The molecule has 0 radical (unpaired) electrons. The van der Waals surface area contributed by atoms with Crippen LogP contribution >= 0.6 is 0 Å². The molecule has 5 heteroatoms. The molecule has 1 aliphatic rings. The summed E-state index contributed by atoms with van der Waals surface area (Å²) in [7, 11) is 0. The van der Waals surface area contributed by atoms with Gasteiger partial charge in [-0.2, -0.15) is 5.10 Å². The van der Waals surface area contributed by atoms with E-state index in [9.17, 15) is 0 Å². The zero-order chi connectivity index (χ0) is 27.1. The largest absolute Gasteiger partial charge is 0.491 e. The maximum atomic E-state index is 6.37. The summed E-state index contributed by atoms with van der Waals surface area (Å²) in [4.78, 5) is 5.94. The van der Waals surface area contributed by atoms with Gasteiger partial charge in [0.15, 0.2) is 0 Å². The summed E-state index contributed by atoms with van der Waals surface area (Å²) >= 11 is 0. The fourth-order valence-electron chi connectivity index (χ4n) is 5.91. The van der Waals surface area contributed by atoms with E-state index >= 15 is 0 Å². The molecular formula is C34H38N4O. The van der Waals surface area contributed by atoms with E-state index in [4.69, 9.17) is 9.84 Å². The second-order valence-corrected chi connectivity index (χ2v) is 11.3. The van der Waals surface area contributed by atoms with Gasteiger partial charge in [0.1, 0.15) is 11.4 Å². The zero-order valence-electron chi connectivity index (χ0n) is 23.7. The van der Waals surface area contributed by atoms with Crippen molar-refractivity contribution in [2.75, 3.05) is 13.2 Å². The van der Waals surface area contributed by atoms with Crippen molar-refractivity contribution in [1.82, 2.24) is 19.7 Å². The maximum absolute atomic E-state index is 6.37. The van der Waals surface area contributed by atoms with E-state index in [0.29, 0.717) is 18.6 Å². The first-order valence-electron chi connectivity index (χ1n) is 14.1. The van der Waals surface area contributed by atoms with Crippen molar-refractivity contribution in [3.8, 4) is 22.7 Å². The third-order valence-corrected chi connectivity index (χ3v) is 8.06. The summed E-state index contributed by atoms with van der Waals surface area (Å²) in [5, 5.41) is 6.50. The van der Waals surface area contributed by atoms with Crippen molar-refractivity contribution >= 4 is 10.9 Å². The number of aromatic amines is 1. The Balaban J connectivity index is 1.50. The predicted octanol–water partition coefficient (Wildman–Crippen LogP) is 7.79. The molecule has 1 N–H and O–H groups in total. The van der Waals surface area contributed by atoms with Crippen molar-refractivity contribution in [2.24, 2.45) is 5.92 Å². The van der Waals surface area contributed by atoms with Gasteiger partial charge in [-0.25, -0.2) is 4.68 Å². The molecule has 2 aromatic heterocycles. The standard InChI is InChI=1S/C34H38N4O/c1-22(2)21-39-32-12-8-10-24(4)33(32)38-34(27-13-14-30-26(19-27)15-17-35-30)29-20-37(18-16-31(29)36-38)25(5)28-11-7-6-9-23(28)3/h6-15,17,19,22,25,35H,16,18,20-21H2,1-5H3. The van der Waals surface area contributed by atoms with E-state index in [1.54, 1.807) is 0 Å². The van der Waals surface area contributed by atoms with Gasteiger partial charge in [-0.1, -0.05) is 56.3 Å². The van der Waals surface area contributed by atoms with Gasteiger partial charge in [-0.3, -0.25) is 4.90 Å². The molecule has 5 aromatic rings. The van der Waals surface area contributed by atoms with Gasteiger partial charge in [0, 0.05) is 53.8 Å². The van der Waals surface area contributed by atoms with E-state index in [1.165, 1.54) is 39.0 Å². The lowest BCUT2D eigenvalue weighted by molar-refractivity contribution is 0.191. The van der Waals surface area contributed by atoms with Gasteiger partial charge in [0.2, 0.25) is 0 Å². The van der Waals surface area contributed by atoms with Crippen LogP contribution in [0.2, 0.25) is 0 Å². The lowest BCUT2D eigenvalue weighted by Crippen LogP contribution is -2.33. The molecule has 39 heavy (non-hydrogen) atoms. The van der Waals surface area contributed by atoms with E-state index < -0.39 is 0 Å². The Hall–Kier alpha value is -3.83. The highest BCUT2D eigenvalue weighted by atomic mass is 16.5. The van der Waals surface area contributed by atoms with Gasteiger partial charge in [-0.05, 0) is 67.6 Å². The molecule has 0 saturated heterocycles. The Kier molecular flexibility index (Phi) is 6.78. The Labute approximate surface area is 231 Å². The number of para-hydroxylation sites is 1. The summed E-state index contributed by atoms with van der Waals surface area (Å²) in [6.07, 6.45) is 2.93. The van der Waals surface area contributed by atoms with E-state index in [2.05, 4.69) is 116 Å². The number of ether oxygens (including phenoxy) is 1. The SMILES string of the molecule is Cc1ccccc1C(C)N1CCc2nn(-c3c(C)cccc3OCC(C)C)c(-c3ccc4[nH]ccc4c3)c2C1. The highest BCUT2D eigenvalue weighted by molar-refractivity contribution is 5.85. The van der Waals surface area contributed by atoms with Crippen LogP contribution in [0.5, 0.6) is 5.75 Å². The molecule has 1 aliphatic heterocycles. The number of aryl methyl sites for hydroxylation is 2. The van der Waals surface area contributed by atoms with Crippen LogP contribution in [0.15, 0.2) is 72.9 Å². The normalized spacial score (nSPS) is 14.6. The molecule has 3 heterocycles. The van der Waals surface area contributed by atoms with Crippen molar-refractivity contribution in [3.05, 3.63) is 101 Å². The van der Waals surface area contributed by atoms with E-state index in [-0.39, 0.29) is 0 Å². The summed E-state index contributed by atoms with van der Waals surface area (Å²) in [5.41, 5.74) is 10.9. The molecule has 0 aliphatic carbocycles. The Morgan fingerprint density at radius 2 is 1.77 bits per heavy atom. The molecule has 1 unspecified atom stereocenters. The van der Waals surface area contributed by atoms with Crippen LogP contribution in [0.4, 0.5) is 0 Å². The molecule has 1 atom stereocenters. The second kappa shape index (κ2) is 10.4. The van der Waals surface area contributed by atoms with Crippen molar-refractivity contribution < 1.29 is 4.74 Å². The average molecular weight is 519 g/mol. The minimum Gasteiger partial charge on any atom is -0.491 e. The number of nitrogens with one attached hydrogen (secondary N) is 1. The molecule has 0 fully saturated rings. The van der Waals surface area contributed by atoms with Crippen LogP contribution in [0.3, 0.4) is 0 Å². The third-order valence-electron chi connectivity index (χ3n) is 8.06. The van der Waals surface area contributed by atoms with Gasteiger partial charge < -0.3 is 9.72 Å². The van der Waals surface area contributed by atoms with Crippen LogP contribution in [-0.4, -0.2) is 32.8 Å². The van der Waals surface area contributed by atoms with Gasteiger partial charge >= 0.3 is 0 Å². The van der Waals surface area contributed by atoms with Crippen LogP contribution in [0.1, 0.15) is 54.8 Å². The average Bonchev–Trinajstić information content (AvgIpc) is 3.55. The van der Waals surface area contributed by atoms with Gasteiger partial charge in [0.05, 0.1) is 18.0 Å². The molecule has 6 rings (SSSR count). The molecule has 0 bridgehead atoms. The number of rotatable bonds is 7. The molecule has 3 aromatic carbocycles. The topological polar surface area (TPSA) is 46.1 Å². The monoisotopic (exact) mass is 518 g/mol. The number of hydrogen-bond acceptors (Lipinski definition) is 3. The lowest BCUT2D eigenvalue weighted by Gasteiger charge is -2.33. The number of benzene rings is 3. The Bertz CT molecular complexity index is 1630. The van der Waals surface area contributed by atoms with Crippen LogP contribution in [0, 0.1) is 19.8 Å². The Morgan fingerprint density at radius 1 is 0.949 bits per heavy atom. The lowest BCUT2D eigenvalue weighted by atomic mass is 9.96. The van der Waals surface area contributed by atoms with Gasteiger partial charge in [-0.15, -0.1) is 0 Å². The fraction of sp³-hybridized carbons (Fsp3) is 0.324. The summed E-state index contributed by atoms with van der Waals surface area (Å²) < 4.78 is 8.54. The van der Waals surface area contributed by atoms with Gasteiger partial charge in [0.25, 0.3) is 0 Å². The first-order valence-corrected chi connectivity index (χ1v) is 14.1. The van der Waals surface area contributed by atoms with Crippen molar-refractivity contribution in [3.63, 3.8) is 0 Å². The maximum Gasteiger partial charge on any atom is 0.145 e. The summed E-state index contributed by atoms with van der Waals surface area (Å²) in [5.74, 6) is 1.33. The molecule has 0 spiro atoms. The smallest absolute Gasteiger partial charge is 0.145 e. The van der Waals surface area contributed by atoms with Crippen molar-refractivity contribution in [1.29, 1.82) is 0 Å². The number of fused-ring (bicyclic) bond motifs is 2. The Morgan fingerprint density at radius 3 is 2.59 bits per heavy atom. The number of hydrogen-bond donors (Lipinski definition) is 1. The third kappa shape index (κ3) is 4.76. The second-order valence-electron chi connectivity index (χ2n) is 11.3. The summed E-state index contributed by atoms with van der Waals surface area (Å²) in [6, 6.07) is 24.2. The van der Waals surface area contributed by atoms with Crippen LogP contribution < -0.4 is 4.74 Å². The quantitative estimate of drug-likeness (QED) is 0.239. The van der Waals surface area contributed by atoms with Crippen LogP contribution in [-0.2, 0) is 13.0 Å². The number of nitrogens with zero attached hydrogens (tertiary/aromatic N) is 3. The van der Waals surface area contributed by atoms with E-state index in [1.807, 2.05) is 6.20 Å². The van der Waals surface area contributed by atoms with Crippen molar-refractivity contribution in [2.45, 2.75) is 53.6 Å². The zero-order valence-corrected chi connectivity index (χ0v) is 23.7. The highest BCUT2D eigenvalue weighted by Gasteiger charge is 2.30. The van der Waals surface area contributed by atoms with Crippen LogP contribution in [0.25, 0.3) is 27.8 Å². The molecule has 5 nitrogen and oxygen atoms in total. The molecule has 200 valence electrons. The fourth-order valence-corrected chi connectivity index (χ4v) is 5.91. The number of aromatic nitrogens is 3.